The molecule has 1 aliphatic rings. The minimum Gasteiger partial charge on any atom is -0.356 e. The topological polar surface area (TPSA) is 29.1 Å². The van der Waals surface area contributed by atoms with Crippen molar-refractivity contribution in [2.75, 3.05) is 6.54 Å². The summed E-state index contributed by atoms with van der Waals surface area (Å²) in [7, 11) is 0. The van der Waals surface area contributed by atoms with Gasteiger partial charge >= 0.3 is 0 Å². The zero-order valence-electron chi connectivity index (χ0n) is 10.5. The highest BCUT2D eigenvalue weighted by Crippen LogP contribution is 2.28. The summed E-state index contributed by atoms with van der Waals surface area (Å²) in [6.45, 7) is 0.555. The largest absolute Gasteiger partial charge is 0.356 e. The van der Waals surface area contributed by atoms with Crippen LogP contribution >= 0.6 is 11.6 Å². The third-order valence-electron chi connectivity index (χ3n) is 3.45. The summed E-state index contributed by atoms with van der Waals surface area (Å²) in [6, 6.07) is 3.86. The average Bonchev–Trinajstić information content (AvgIpc) is 2.78. The Labute approximate surface area is 116 Å². The van der Waals surface area contributed by atoms with Crippen molar-refractivity contribution in [1.82, 2.24) is 5.32 Å². The van der Waals surface area contributed by atoms with E-state index in [2.05, 4.69) is 5.32 Å². The van der Waals surface area contributed by atoms with E-state index in [1.165, 1.54) is 12.1 Å². The smallest absolute Gasteiger partial charge is 0.224 e. The van der Waals surface area contributed by atoms with E-state index >= 15 is 0 Å². The summed E-state index contributed by atoms with van der Waals surface area (Å²) in [6.07, 6.45) is 2.74. The van der Waals surface area contributed by atoms with Crippen LogP contribution in [0.1, 0.15) is 24.8 Å². The van der Waals surface area contributed by atoms with Crippen molar-refractivity contribution in [2.24, 2.45) is 5.92 Å². The molecule has 2 unspecified atom stereocenters. The zero-order chi connectivity index (χ0) is 13.8. The number of nitrogens with one attached hydrogen (secondary N) is 1. The molecule has 0 saturated heterocycles. The molecule has 0 spiro atoms. The Morgan fingerprint density at radius 1 is 1.37 bits per heavy atom. The monoisotopic (exact) mass is 287 g/mol. The number of benzene rings is 1. The molecule has 1 amide bonds. The maximum Gasteiger partial charge on any atom is 0.224 e. The van der Waals surface area contributed by atoms with Crippen molar-refractivity contribution in [1.29, 1.82) is 0 Å². The van der Waals surface area contributed by atoms with Gasteiger partial charge in [0, 0.05) is 17.5 Å². The molecular formula is C14H16ClF2NO. The van der Waals surface area contributed by atoms with Gasteiger partial charge in [-0.1, -0.05) is 12.1 Å². The first-order chi connectivity index (χ1) is 9.06. The van der Waals surface area contributed by atoms with Crippen LogP contribution in [0.25, 0.3) is 0 Å². The minimum absolute atomic E-state index is 0.0825. The van der Waals surface area contributed by atoms with E-state index in [0.29, 0.717) is 12.5 Å². The molecule has 1 aliphatic carbocycles. The molecule has 2 nitrogen and oxygen atoms in total. The Balaban J connectivity index is 1.82. The molecule has 5 heteroatoms. The quantitative estimate of drug-likeness (QED) is 0.848. The van der Waals surface area contributed by atoms with E-state index in [-0.39, 0.29) is 23.3 Å². The number of amides is 1. The standard InChI is InChI=1S/C14H16ClF2NO/c15-11-5-4-9(6-11)8-18-13(19)7-10-2-1-3-12(16)14(10)17/h1-3,9,11H,4-8H2,(H,18,19). The van der Waals surface area contributed by atoms with Crippen molar-refractivity contribution >= 4 is 17.5 Å². The Bertz CT molecular complexity index is 467. The van der Waals surface area contributed by atoms with Crippen LogP contribution in [-0.4, -0.2) is 17.8 Å². The second-order valence-corrected chi connectivity index (χ2v) is 5.59. The van der Waals surface area contributed by atoms with Gasteiger partial charge in [-0.15, -0.1) is 11.6 Å². The summed E-state index contributed by atoms with van der Waals surface area (Å²) < 4.78 is 26.4. The van der Waals surface area contributed by atoms with Crippen molar-refractivity contribution < 1.29 is 13.6 Å². The van der Waals surface area contributed by atoms with Gasteiger partial charge < -0.3 is 5.32 Å². The molecule has 0 radical (unpaired) electrons. The number of hydrogen-bond acceptors (Lipinski definition) is 1. The Morgan fingerprint density at radius 2 is 2.16 bits per heavy atom. The van der Waals surface area contributed by atoms with Crippen LogP contribution < -0.4 is 5.32 Å². The molecule has 1 aromatic rings. The second-order valence-electron chi connectivity index (χ2n) is 4.97. The van der Waals surface area contributed by atoms with Crippen LogP contribution in [0.3, 0.4) is 0 Å². The summed E-state index contributed by atoms with van der Waals surface area (Å²) in [5.41, 5.74) is 0.0825. The Morgan fingerprint density at radius 3 is 2.84 bits per heavy atom. The van der Waals surface area contributed by atoms with E-state index < -0.39 is 11.6 Å². The van der Waals surface area contributed by atoms with E-state index in [9.17, 15) is 13.6 Å². The van der Waals surface area contributed by atoms with Gasteiger partial charge in [-0.05, 0) is 31.2 Å². The van der Waals surface area contributed by atoms with Crippen LogP contribution in [-0.2, 0) is 11.2 Å². The molecule has 1 aromatic carbocycles. The highest BCUT2D eigenvalue weighted by atomic mass is 35.5. The fourth-order valence-corrected chi connectivity index (χ4v) is 2.76. The summed E-state index contributed by atoms with van der Waals surface area (Å²) in [5, 5.41) is 2.95. The molecular weight excluding hydrogens is 272 g/mol. The molecule has 1 N–H and O–H groups in total. The fraction of sp³-hybridized carbons (Fsp3) is 0.500. The first-order valence-corrected chi connectivity index (χ1v) is 6.83. The van der Waals surface area contributed by atoms with Crippen LogP contribution in [0.4, 0.5) is 8.78 Å². The Kier molecular flexibility index (Phi) is 4.75. The predicted molar refractivity (Wildman–Crippen MR) is 70.1 cm³/mol. The molecule has 0 bridgehead atoms. The molecule has 2 atom stereocenters. The molecule has 1 fully saturated rings. The predicted octanol–water partition coefficient (Wildman–Crippen LogP) is 3.03. The second kappa shape index (κ2) is 6.33. The number of halogens is 3. The first-order valence-electron chi connectivity index (χ1n) is 6.40. The van der Waals surface area contributed by atoms with Gasteiger partial charge in [-0.25, -0.2) is 8.78 Å². The fourth-order valence-electron chi connectivity index (χ4n) is 2.38. The molecule has 2 rings (SSSR count). The van der Waals surface area contributed by atoms with Gasteiger partial charge in [0.1, 0.15) is 0 Å². The molecule has 0 aliphatic heterocycles. The van der Waals surface area contributed by atoms with Crippen molar-refractivity contribution in [3.05, 3.63) is 35.4 Å². The van der Waals surface area contributed by atoms with Crippen LogP contribution in [0.2, 0.25) is 0 Å². The summed E-state index contributed by atoms with van der Waals surface area (Å²) in [5.74, 6) is -1.77. The highest BCUT2D eigenvalue weighted by Gasteiger charge is 2.23. The van der Waals surface area contributed by atoms with Gasteiger partial charge in [0.25, 0.3) is 0 Å². The van der Waals surface area contributed by atoms with E-state index in [4.69, 9.17) is 11.6 Å². The van der Waals surface area contributed by atoms with Crippen molar-refractivity contribution in [3.8, 4) is 0 Å². The maximum atomic E-state index is 13.4. The lowest BCUT2D eigenvalue weighted by atomic mass is 10.1. The number of hydrogen-bond donors (Lipinski definition) is 1. The third kappa shape index (κ3) is 3.90. The Hall–Kier alpha value is -1.16. The lowest BCUT2D eigenvalue weighted by Gasteiger charge is -2.11. The molecule has 0 aromatic heterocycles. The number of rotatable bonds is 4. The molecule has 0 heterocycles. The zero-order valence-corrected chi connectivity index (χ0v) is 11.2. The van der Waals surface area contributed by atoms with E-state index in [0.717, 1.165) is 25.3 Å². The average molecular weight is 288 g/mol. The minimum atomic E-state index is -0.945. The number of carbonyl (C=O) groups is 1. The SMILES string of the molecule is O=C(Cc1cccc(F)c1F)NCC1CCC(Cl)C1. The van der Waals surface area contributed by atoms with E-state index in [1.807, 2.05) is 0 Å². The summed E-state index contributed by atoms with van der Waals surface area (Å²) in [4.78, 5) is 11.7. The van der Waals surface area contributed by atoms with Gasteiger partial charge in [-0.2, -0.15) is 0 Å². The first kappa shape index (κ1) is 14.3. The maximum absolute atomic E-state index is 13.4. The lowest BCUT2D eigenvalue weighted by Crippen LogP contribution is -2.30. The van der Waals surface area contributed by atoms with Crippen LogP contribution in [0.5, 0.6) is 0 Å². The van der Waals surface area contributed by atoms with Crippen molar-refractivity contribution in [2.45, 2.75) is 31.1 Å². The van der Waals surface area contributed by atoms with Crippen LogP contribution in [0, 0.1) is 17.6 Å². The van der Waals surface area contributed by atoms with Gasteiger partial charge in [0.05, 0.1) is 6.42 Å². The normalized spacial score (nSPS) is 22.5. The van der Waals surface area contributed by atoms with Crippen molar-refractivity contribution in [3.63, 3.8) is 0 Å². The van der Waals surface area contributed by atoms with Crippen LogP contribution in [0.15, 0.2) is 18.2 Å². The molecule has 1 saturated carbocycles. The lowest BCUT2D eigenvalue weighted by molar-refractivity contribution is -0.120. The van der Waals surface area contributed by atoms with Gasteiger partial charge in [0.15, 0.2) is 11.6 Å². The summed E-state index contributed by atoms with van der Waals surface area (Å²) >= 11 is 5.99. The van der Waals surface area contributed by atoms with Gasteiger partial charge in [-0.3, -0.25) is 4.79 Å². The number of alkyl halides is 1. The molecule has 19 heavy (non-hydrogen) atoms. The molecule has 104 valence electrons. The highest BCUT2D eigenvalue weighted by molar-refractivity contribution is 6.20. The third-order valence-corrected chi connectivity index (χ3v) is 3.84. The number of carbonyl (C=O) groups excluding carboxylic acids is 1. The van der Waals surface area contributed by atoms with E-state index in [1.54, 1.807) is 0 Å². The van der Waals surface area contributed by atoms with Gasteiger partial charge in [0.2, 0.25) is 5.91 Å².